The van der Waals surface area contributed by atoms with Gasteiger partial charge in [-0.2, -0.15) is 0 Å². The average molecular weight is 766 g/mol. The zero-order valence-corrected chi connectivity index (χ0v) is 32.2. The first-order valence-corrected chi connectivity index (χ1v) is 19.4. The summed E-state index contributed by atoms with van der Waals surface area (Å²) in [4.78, 5) is 91.7. The summed E-state index contributed by atoms with van der Waals surface area (Å²) in [5.74, 6) is -3.35. The molecule has 1 unspecified atom stereocenters. The predicted octanol–water partition coefficient (Wildman–Crippen LogP) is 3.52. The van der Waals surface area contributed by atoms with Gasteiger partial charge in [0.05, 0.1) is 18.8 Å². The van der Waals surface area contributed by atoms with Gasteiger partial charge in [-0.05, 0) is 67.7 Å². The molecule has 1 aromatic heterocycles. The summed E-state index contributed by atoms with van der Waals surface area (Å²) in [5, 5.41) is 11.8. The molecule has 3 aliphatic rings. The van der Waals surface area contributed by atoms with E-state index in [0.29, 0.717) is 17.2 Å². The lowest BCUT2D eigenvalue weighted by atomic mass is 9.82. The number of rotatable bonds is 15. The summed E-state index contributed by atoms with van der Waals surface area (Å²) < 4.78 is 6.22. The lowest BCUT2D eigenvalue weighted by molar-refractivity contribution is -0.145. The van der Waals surface area contributed by atoms with Crippen LogP contribution in [-0.4, -0.2) is 93.0 Å². The van der Waals surface area contributed by atoms with Crippen LogP contribution in [0.3, 0.4) is 0 Å². The number of aromatic nitrogens is 2. The molecule has 54 heavy (non-hydrogen) atoms. The van der Waals surface area contributed by atoms with Crippen molar-refractivity contribution in [1.82, 2.24) is 36.1 Å². The number of ether oxygens (including phenoxy) is 1. The molecule has 1 aromatic carbocycles. The molecule has 5 atom stereocenters. The Kier molecular flexibility index (Phi) is 13.6. The lowest BCUT2D eigenvalue weighted by Crippen LogP contribution is -2.62. The summed E-state index contributed by atoms with van der Waals surface area (Å²) in [6.07, 6.45) is 10.3. The van der Waals surface area contributed by atoms with Gasteiger partial charge in [0.25, 0.3) is 11.8 Å². The largest absolute Gasteiger partial charge is 0.488 e. The standard InChI is InChI=1S/C39H52ClN7O7/c1-5-9-28(32(48)37(52)43-25-14-15-25)44-35(50)30-20-27(54-26-16-12-24(40)13-17-26)22-47(30)38(53)33(39(2,3)4)46-36(51)31(23-10-7-6-8-11-23)45-34(49)29-21-41-18-19-42-29/h12-13,16-19,21,23,25,27-28,30-31,33H,5-11,14-15,20,22H2,1-4H3,(H,43,52)(H,44,50)(H,45,49)(H,46,51)/t27-,28+,30+,31?,33-/m1/s1. The highest BCUT2D eigenvalue weighted by molar-refractivity contribution is 6.38. The van der Waals surface area contributed by atoms with Crippen molar-refractivity contribution in [2.75, 3.05) is 6.54 Å². The molecule has 14 nitrogen and oxygen atoms in total. The molecule has 2 aliphatic carbocycles. The minimum absolute atomic E-state index is 0.00597. The van der Waals surface area contributed by atoms with E-state index in [1.807, 2.05) is 27.7 Å². The number of nitrogens with zero attached hydrogens (tertiary/aromatic N) is 3. The van der Waals surface area contributed by atoms with Crippen molar-refractivity contribution in [2.24, 2.45) is 11.3 Å². The van der Waals surface area contributed by atoms with Gasteiger partial charge in [-0.1, -0.05) is 65.0 Å². The van der Waals surface area contributed by atoms with Crippen molar-refractivity contribution in [3.63, 3.8) is 0 Å². The molecule has 3 fully saturated rings. The monoisotopic (exact) mass is 765 g/mol. The van der Waals surface area contributed by atoms with E-state index in [0.717, 1.165) is 44.9 Å². The van der Waals surface area contributed by atoms with Gasteiger partial charge in [0.2, 0.25) is 23.5 Å². The second-order valence-electron chi connectivity index (χ2n) is 15.6. The lowest BCUT2D eigenvalue weighted by Gasteiger charge is -2.37. The van der Waals surface area contributed by atoms with Gasteiger partial charge in [0.15, 0.2) is 0 Å². The first-order valence-electron chi connectivity index (χ1n) is 19.0. The number of hydrogen-bond acceptors (Lipinski definition) is 9. The second-order valence-corrected chi connectivity index (χ2v) is 16.1. The first-order chi connectivity index (χ1) is 25.7. The molecule has 2 heterocycles. The quantitative estimate of drug-likeness (QED) is 0.197. The van der Waals surface area contributed by atoms with Crippen LogP contribution in [0.15, 0.2) is 42.9 Å². The Morgan fingerprint density at radius 1 is 0.944 bits per heavy atom. The van der Waals surface area contributed by atoms with Gasteiger partial charge in [0.1, 0.15) is 35.7 Å². The van der Waals surface area contributed by atoms with Crippen LogP contribution in [0.5, 0.6) is 5.75 Å². The van der Waals surface area contributed by atoms with E-state index in [4.69, 9.17) is 16.3 Å². The fourth-order valence-corrected chi connectivity index (χ4v) is 7.22. The highest BCUT2D eigenvalue weighted by Gasteiger charge is 2.47. The topological polar surface area (TPSA) is 189 Å². The molecular formula is C39H52ClN7O7. The number of likely N-dealkylation sites (tertiary alicyclic amines) is 1. The Bertz CT molecular complexity index is 1660. The van der Waals surface area contributed by atoms with E-state index in [9.17, 15) is 28.8 Å². The molecule has 4 N–H and O–H groups in total. The number of amides is 5. The molecule has 0 bridgehead atoms. The minimum Gasteiger partial charge on any atom is -0.488 e. The number of nitrogens with one attached hydrogen (secondary N) is 4. The molecule has 0 spiro atoms. The average Bonchev–Trinajstić information content (AvgIpc) is 3.88. The van der Waals surface area contributed by atoms with Crippen molar-refractivity contribution < 1.29 is 33.5 Å². The number of Topliss-reactive ketones (excluding diaryl/α,β-unsaturated/α-hetero) is 1. The molecule has 1 aliphatic heterocycles. The van der Waals surface area contributed by atoms with Crippen LogP contribution >= 0.6 is 11.6 Å². The Morgan fingerprint density at radius 3 is 2.26 bits per heavy atom. The maximum Gasteiger partial charge on any atom is 0.289 e. The van der Waals surface area contributed by atoms with Gasteiger partial charge in [0, 0.05) is 29.9 Å². The number of carbonyl (C=O) groups excluding carboxylic acids is 6. The molecule has 15 heteroatoms. The second kappa shape index (κ2) is 18.2. The zero-order valence-electron chi connectivity index (χ0n) is 31.4. The van der Waals surface area contributed by atoms with Crippen LogP contribution in [0.4, 0.5) is 0 Å². The zero-order chi connectivity index (χ0) is 39.0. The third-order valence-electron chi connectivity index (χ3n) is 10.2. The molecule has 292 valence electrons. The van der Waals surface area contributed by atoms with Gasteiger partial charge in [-0.15, -0.1) is 0 Å². The molecule has 5 rings (SSSR count). The highest BCUT2D eigenvalue weighted by Crippen LogP contribution is 2.31. The van der Waals surface area contributed by atoms with Crippen molar-refractivity contribution in [2.45, 2.75) is 128 Å². The summed E-state index contributed by atoms with van der Waals surface area (Å²) in [6.45, 7) is 7.28. The number of carbonyl (C=O) groups is 6. The number of halogens is 1. The van der Waals surface area contributed by atoms with E-state index in [-0.39, 0.29) is 37.0 Å². The number of hydrogen-bond donors (Lipinski definition) is 4. The summed E-state index contributed by atoms with van der Waals surface area (Å²) in [5.41, 5.74) is -0.770. The Labute approximate surface area is 321 Å². The Balaban J connectivity index is 1.39. The molecular weight excluding hydrogens is 714 g/mol. The fourth-order valence-electron chi connectivity index (χ4n) is 7.09. The third kappa shape index (κ3) is 10.8. The molecule has 1 saturated heterocycles. The van der Waals surface area contributed by atoms with Crippen LogP contribution in [0.1, 0.15) is 102 Å². The summed E-state index contributed by atoms with van der Waals surface area (Å²) in [7, 11) is 0. The smallest absolute Gasteiger partial charge is 0.289 e. The maximum absolute atomic E-state index is 14.7. The highest BCUT2D eigenvalue weighted by atomic mass is 35.5. The van der Waals surface area contributed by atoms with E-state index in [1.165, 1.54) is 23.5 Å². The molecule has 0 radical (unpaired) electrons. The van der Waals surface area contributed by atoms with Crippen LogP contribution in [0, 0.1) is 11.3 Å². The predicted molar refractivity (Wildman–Crippen MR) is 200 cm³/mol. The third-order valence-corrected chi connectivity index (χ3v) is 10.4. The van der Waals surface area contributed by atoms with Crippen molar-refractivity contribution in [3.05, 3.63) is 53.6 Å². The van der Waals surface area contributed by atoms with Crippen LogP contribution in [-0.2, 0) is 24.0 Å². The SMILES string of the molecule is CCC[C@H](NC(=O)[C@@H]1C[C@@H](Oc2ccc(Cl)cc2)CN1C(=O)[C@@H](NC(=O)C(NC(=O)c1cnccn1)C1CCCCC1)C(C)(C)C)C(=O)C(=O)NC1CC1. The van der Waals surface area contributed by atoms with Crippen molar-refractivity contribution in [1.29, 1.82) is 0 Å². The molecule has 5 amide bonds. The van der Waals surface area contributed by atoms with Crippen molar-refractivity contribution >= 4 is 46.9 Å². The number of benzene rings is 1. The van der Waals surface area contributed by atoms with Crippen LogP contribution < -0.4 is 26.0 Å². The maximum atomic E-state index is 14.7. The first kappa shape index (κ1) is 40.6. The van der Waals surface area contributed by atoms with E-state index in [2.05, 4.69) is 31.2 Å². The number of ketones is 1. The van der Waals surface area contributed by atoms with Gasteiger partial charge >= 0.3 is 0 Å². The van der Waals surface area contributed by atoms with E-state index < -0.39 is 71.0 Å². The minimum atomic E-state index is -1.12. The molecule has 2 aromatic rings. The van der Waals surface area contributed by atoms with Crippen molar-refractivity contribution in [3.8, 4) is 5.75 Å². The Hall–Kier alpha value is -4.59. The van der Waals surface area contributed by atoms with Crippen LogP contribution in [0.2, 0.25) is 5.02 Å². The van der Waals surface area contributed by atoms with Gasteiger partial charge in [-0.25, -0.2) is 4.98 Å². The van der Waals surface area contributed by atoms with Gasteiger partial charge < -0.3 is 30.9 Å². The van der Waals surface area contributed by atoms with E-state index >= 15 is 0 Å². The summed E-state index contributed by atoms with van der Waals surface area (Å²) >= 11 is 6.08. The Morgan fingerprint density at radius 2 is 1.65 bits per heavy atom. The fraction of sp³-hybridized carbons (Fsp3) is 0.590. The normalized spacial score (nSPS) is 20.6. The van der Waals surface area contributed by atoms with Crippen LogP contribution in [0.25, 0.3) is 0 Å². The van der Waals surface area contributed by atoms with E-state index in [1.54, 1.807) is 24.3 Å². The van der Waals surface area contributed by atoms with Gasteiger partial charge in [-0.3, -0.25) is 33.8 Å². The summed E-state index contributed by atoms with van der Waals surface area (Å²) in [6, 6.07) is 2.46. The molecule has 2 saturated carbocycles.